The molecular weight excluding hydrogens is 198 g/mol. The van der Waals surface area contributed by atoms with Crippen molar-refractivity contribution < 1.29 is 5.11 Å². The van der Waals surface area contributed by atoms with Gasteiger partial charge < -0.3 is 10.4 Å². The predicted molar refractivity (Wildman–Crippen MR) is 68.5 cm³/mol. The van der Waals surface area contributed by atoms with E-state index in [1.165, 1.54) is 16.7 Å². The van der Waals surface area contributed by atoms with Gasteiger partial charge in [0.2, 0.25) is 0 Å². The molecule has 0 amide bonds. The van der Waals surface area contributed by atoms with Crippen LogP contribution in [0.2, 0.25) is 0 Å². The number of aliphatic hydroxyl groups is 1. The molecule has 0 fully saturated rings. The molecule has 0 bridgehead atoms. The van der Waals surface area contributed by atoms with Gasteiger partial charge in [0.05, 0.1) is 6.10 Å². The van der Waals surface area contributed by atoms with Crippen LogP contribution in [0.3, 0.4) is 0 Å². The highest BCUT2D eigenvalue weighted by Gasteiger charge is 2.06. The van der Waals surface area contributed by atoms with Gasteiger partial charge in [-0.2, -0.15) is 0 Å². The second-order valence-corrected chi connectivity index (χ2v) is 4.73. The van der Waals surface area contributed by atoms with Crippen LogP contribution in [0, 0.1) is 13.8 Å². The molecule has 1 aromatic rings. The Balaban J connectivity index is 2.51. The standard InChI is InChI=1S/C14H23NO/c1-10-6-5-7-14(13(10)4)9-15-11(2)8-12(3)16/h5-7,11-12,15-16H,8-9H2,1-4H3. The van der Waals surface area contributed by atoms with E-state index in [2.05, 4.69) is 44.3 Å². The molecule has 2 heteroatoms. The fraction of sp³-hybridized carbons (Fsp3) is 0.571. The molecule has 0 spiro atoms. The van der Waals surface area contributed by atoms with Gasteiger partial charge >= 0.3 is 0 Å². The van der Waals surface area contributed by atoms with Crippen LogP contribution in [0.1, 0.15) is 37.0 Å². The summed E-state index contributed by atoms with van der Waals surface area (Å²) in [5, 5.41) is 12.7. The zero-order valence-corrected chi connectivity index (χ0v) is 10.7. The highest BCUT2D eigenvalue weighted by molar-refractivity contribution is 5.32. The topological polar surface area (TPSA) is 32.3 Å². The summed E-state index contributed by atoms with van der Waals surface area (Å²) in [5.41, 5.74) is 4.04. The molecule has 0 radical (unpaired) electrons. The molecule has 0 heterocycles. The zero-order valence-electron chi connectivity index (χ0n) is 10.7. The first-order chi connectivity index (χ1) is 7.50. The molecule has 2 N–H and O–H groups in total. The van der Waals surface area contributed by atoms with Crippen molar-refractivity contribution in [3.8, 4) is 0 Å². The Hall–Kier alpha value is -0.860. The summed E-state index contributed by atoms with van der Waals surface area (Å²) in [5.74, 6) is 0. The molecule has 2 atom stereocenters. The maximum absolute atomic E-state index is 9.28. The average Bonchev–Trinajstić information content (AvgIpc) is 2.19. The Morgan fingerprint density at radius 3 is 2.56 bits per heavy atom. The average molecular weight is 221 g/mol. The first-order valence-electron chi connectivity index (χ1n) is 5.97. The summed E-state index contributed by atoms with van der Waals surface area (Å²) in [7, 11) is 0. The summed E-state index contributed by atoms with van der Waals surface area (Å²) in [6.45, 7) is 9.11. The smallest absolute Gasteiger partial charge is 0.0526 e. The Morgan fingerprint density at radius 2 is 1.94 bits per heavy atom. The molecule has 0 aliphatic heterocycles. The Kier molecular flexibility index (Phi) is 4.97. The Bertz CT molecular complexity index is 334. The number of benzene rings is 1. The summed E-state index contributed by atoms with van der Waals surface area (Å²) in [4.78, 5) is 0. The Labute approximate surface area is 98.7 Å². The van der Waals surface area contributed by atoms with Gasteiger partial charge in [-0.15, -0.1) is 0 Å². The van der Waals surface area contributed by atoms with Crippen LogP contribution in [-0.2, 0) is 6.54 Å². The summed E-state index contributed by atoms with van der Waals surface area (Å²) in [6, 6.07) is 6.74. The van der Waals surface area contributed by atoms with E-state index < -0.39 is 0 Å². The largest absolute Gasteiger partial charge is 0.393 e. The fourth-order valence-electron chi connectivity index (χ4n) is 1.88. The minimum absolute atomic E-state index is 0.235. The van der Waals surface area contributed by atoms with Gasteiger partial charge in [0, 0.05) is 12.6 Å². The van der Waals surface area contributed by atoms with Crippen molar-refractivity contribution in [2.45, 2.75) is 52.8 Å². The molecular formula is C14H23NO. The van der Waals surface area contributed by atoms with Crippen LogP contribution < -0.4 is 5.32 Å². The third kappa shape index (κ3) is 3.95. The highest BCUT2D eigenvalue weighted by atomic mass is 16.3. The third-order valence-corrected chi connectivity index (χ3v) is 3.05. The quantitative estimate of drug-likeness (QED) is 0.801. The van der Waals surface area contributed by atoms with E-state index in [0.29, 0.717) is 6.04 Å². The van der Waals surface area contributed by atoms with Crippen LogP contribution in [-0.4, -0.2) is 17.3 Å². The molecule has 0 aliphatic rings. The van der Waals surface area contributed by atoms with Gasteiger partial charge in [-0.1, -0.05) is 18.2 Å². The Morgan fingerprint density at radius 1 is 1.25 bits per heavy atom. The number of hydrogen-bond acceptors (Lipinski definition) is 2. The summed E-state index contributed by atoms with van der Waals surface area (Å²) in [6.07, 6.45) is 0.561. The van der Waals surface area contributed by atoms with Crippen molar-refractivity contribution in [1.29, 1.82) is 0 Å². The van der Waals surface area contributed by atoms with Crippen LogP contribution in [0.25, 0.3) is 0 Å². The van der Waals surface area contributed by atoms with Crippen molar-refractivity contribution in [3.05, 3.63) is 34.9 Å². The first-order valence-corrected chi connectivity index (χ1v) is 5.97. The second kappa shape index (κ2) is 6.02. The van der Waals surface area contributed by atoms with Crippen molar-refractivity contribution in [1.82, 2.24) is 5.32 Å². The lowest BCUT2D eigenvalue weighted by atomic mass is 10.0. The number of nitrogens with one attached hydrogen (secondary N) is 1. The molecule has 90 valence electrons. The monoisotopic (exact) mass is 221 g/mol. The zero-order chi connectivity index (χ0) is 12.1. The van der Waals surface area contributed by atoms with E-state index in [9.17, 15) is 5.11 Å². The fourth-order valence-corrected chi connectivity index (χ4v) is 1.88. The van der Waals surface area contributed by atoms with Gasteiger partial charge in [-0.25, -0.2) is 0 Å². The van der Waals surface area contributed by atoms with E-state index in [1.54, 1.807) is 0 Å². The number of aliphatic hydroxyl groups excluding tert-OH is 1. The van der Waals surface area contributed by atoms with Crippen molar-refractivity contribution in [2.75, 3.05) is 0 Å². The second-order valence-electron chi connectivity index (χ2n) is 4.73. The van der Waals surface area contributed by atoms with Crippen LogP contribution in [0.5, 0.6) is 0 Å². The number of hydrogen-bond donors (Lipinski definition) is 2. The lowest BCUT2D eigenvalue weighted by Gasteiger charge is -2.16. The molecule has 16 heavy (non-hydrogen) atoms. The lowest BCUT2D eigenvalue weighted by molar-refractivity contribution is 0.170. The van der Waals surface area contributed by atoms with Gasteiger partial charge in [0.15, 0.2) is 0 Å². The highest BCUT2D eigenvalue weighted by Crippen LogP contribution is 2.12. The van der Waals surface area contributed by atoms with Crippen LogP contribution in [0.4, 0.5) is 0 Å². The molecule has 2 nitrogen and oxygen atoms in total. The van der Waals surface area contributed by atoms with E-state index in [4.69, 9.17) is 0 Å². The SMILES string of the molecule is Cc1cccc(CNC(C)CC(C)O)c1C. The summed E-state index contributed by atoms with van der Waals surface area (Å²) < 4.78 is 0. The lowest BCUT2D eigenvalue weighted by Crippen LogP contribution is -2.29. The summed E-state index contributed by atoms with van der Waals surface area (Å²) >= 11 is 0. The molecule has 0 saturated heterocycles. The number of aryl methyl sites for hydroxylation is 1. The van der Waals surface area contributed by atoms with E-state index >= 15 is 0 Å². The normalized spacial score (nSPS) is 14.8. The van der Waals surface area contributed by atoms with Gasteiger partial charge in [-0.3, -0.25) is 0 Å². The van der Waals surface area contributed by atoms with Gasteiger partial charge in [0.1, 0.15) is 0 Å². The van der Waals surface area contributed by atoms with Crippen molar-refractivity contribution in [3.63, 3.8) is 0 Å². The number of rotatable bonds is 5. The third-order valence-electron chi connectivity index (χ3n) is 3.05. The maximum Gasteiger partial charge on any atom is 0.0526 e. The molecule has 0 aromatic heterocycles. The van der Waals surface area contributed by atoms with Crippen LogP contribution in [0.15, 0.2) is 18.2 Å². The molecule has 0 aliphatic carbocycles. The predicted octanol–water partition coefficient (Wildman–Crippen LogP) is 2.55. The molecule has 1 aromatic carbocycles. The van der Waals surface area contributed by atoms with Gasteiger partial charge in [0.25, 0.3) is 0 Å². The van der Waals surface area contributed by atoms with E-state index in [-0.39, 0.29) is 6.10 Å². The van der Waals surface area contributed by atoms with Crippen molar-refractivity contribution in [2.24, 2.45) is 0 Å². The van der Waals surface area contributed by atoms with Crippen LogP contribution >= 0.6 is 0 Å². The van der Waals surface area contributed by atoms with E-state index in [1.807, 2.05) is 6.92 Å². The molecule has 1 rings (SSSR count). The first kappa shape index (κ1) is 13.2. The van der Waals surface area contributed by atoms with Gasteiger partial charge in [-0.05, 0) is 50.8 Å². The van der Waals surface area contributed by atoms with E-state index in [0.717, 1.165) is 13.0 Å². The van der Waals surface area contributed by atoms with Crippen molar-refractivity contribution >= 4 is 0 Å². The molecule has 2 unspecified atom stereocenters. The maximum atomic E-state index is 9.28. The molecule has 0 saturated carbocycles. The minimum atomic E-state index is -0.235. The minimum Gasteiger partial charge on any atom is -0.393 e.